The Bertz CT molecular complexity index is 76.2. The molecule has 2 fully saturated rings. The maximum Gasteiger partial charge on any atom is -0.0210 e. The van der Waals surface area contributed by atoms with E-state index < -0.39 is 0 Å². The second kappa shape index (κ2) is 1.49. The van der Waals surface area contributed by atoms with Crippen LogP contribution >= 0.6 is 0 Å². The Morgan fingerprint density at radius 1 is 1.25 bits per heavy atom. The summed E-state index contributed by atoms with van der Waals surface area (Å²) in [5.74, 6) is 3.98. The fourth-order valence-corrected chi connectivity index (χ4v) is 2.30. The van der Waals surface area contributed by atoms with Crippen molar-refractivity contribution in [3.05, 3.63) is 5.92 Å². The van der Waals surface area contributed by atoms with Crippen LogP contribution in [-0.4, -0.2) is 0 Å². The summed E-state index contributed by atoms with van der Waals surface area (Å²) >= 11 is 0. The van der Waals surface area contributed by atoms with Gasteiger partial charge in [-0.1, -0.05) is 6.92 Å². The minimum atomic E-state index is 1.01. The van der Waals surface area contributed by atoms with E-state index in [1.165, 1.54) is 25.7 Å². The molecule has 0 spiro atoms. The van der Waals surface area contributed by atoms with Gasteiger partial charge in [0.2, 0.25) is 0 Å². The zero-order valence-electron chi connectivity index (χ0n) is 5.48. The molecule has 0 aromatic carbocycles. The molecule has 2 bridgehead atoms. The highest BCUT2D eigenvalue weighted by Gasteiger charge is 2.38. The second-order valence-electron chi connectivity index (χ2n) is 3.28. The van der Waals surface area contributed by atoms with Gasteiger partial charge in [-0.3, -0.25) is 0 Å². The van der Waals surface area contributed by atoms with Gasteiger partial charge in [-0.2, -0.15) is 0 Å². The van der Waals surface area contributed by atoms with Crippen molar-refractivity contribution in [3.63, 3.8) is 0 Å². The van der Waals surface area contributed by atoms with E-state index in [0.717, 1.165) is 11.8 Å². The monoisotopic (exact) mass is 109 g/mol. The number of hydrogen-bond donors (Lipinski definition) is 0. The summed E-state index contributed by atoms with van der Waals surface area (Å²) in [7, 11) is 0. The van der Waals surface area contributed by atoms with E-state index in [4.69, 9.17) is 0 Å². The summed E-state index contributed by atoms with van der Waals surface area (Å²) in [4.78, 5) is 0. The van der Waals surface area contributed by atoms with Crippen LogP contribution < -0.4 is 0 Å². The molecule has 0 aromatic rings. The molecule has 0 N–H and O–H groups in total. The lowest BCUT2D eigenvalue weighted by Gasteiger charge is -2.04. The molecule has 8 heavy (non-hydrogen) atoms. The van der Waals surface area contributed by atoms with E-state index in [2.05, 4.69) is 6.92 Å². The maximum absolute atomic E-state index is 2.40. The van der Waals surface area contributed by atoms with Crippen molar-refractivity contribution in [2.24, 2.45) is 11.8 Å². The molecule has 0 heteroatoms. The van der Waals surface area contributed by atoms with E-state index in [0.29, 0.717) is 0 Å². The molecular weight excluding hydrogens is 96.1 g/mol. The van der Waals surface area contributed by atoms with Crippen LogP contribution in [0.3, 0.4) is 0 Å². The first kappa shape index (κ1) is 4.84. The summed E-state index contributed by atoms with van der Waals surface area (Å²) in [5, 5.41) is 0. The summed E-state index contributed by atoms with van der Waals surface area (Å²) in [5.41, 5.74) is 0. The van der Waals surface area contributed by atoms with E-state index in [9.17, 15) is 0 Å². The van der Waals surface area contributed by atoms with Crippen LogP contribution in [0.2, 0.25) is 0 Å². The van der Waals surface area contributed by atoms with Crippen molar-refractivity contribution in [2.75, 3.05) is 0 Å². The molecule has 2 aliphatic carbocycles. The highest BCUT2D eigenvalue weighted by atomic mass is 14.4. The predicted molar refractivity (Wildman–Crippen MR) is 34.4 cm³/mol. The van der Waals surface area contributed by atoms with Crippen LogP contribution in [0.1, 0.15) is 32.6 Å². The Morgan fingerprint density at radius 2 is 1.88 bits per heavy atom. The van der Waals surface area contributed by atoms with Gasteiger partial charge in [0.1, 0.15) is 0 Å². The van der Waals surface area contributed by atoms with Crippen LogP contribution in [0.5, 0.6) is 0 Å². The average Bonchev–Trinajstić information content (AvgIpc) is 2.29. The summed E-state index contributed by atoms with van der Waals surface area (Å²) < 4.78 is 0. The zero-order chi connectivity index (χ0) is 5.56. The lowest BCUT2D eigenvalue weighted by atomic mass is 10.0. The number of hydrogen-bond acceptors (Lipinski definition) is 0. The van der Waals surface area contributed by atoms with Gasteiger partial charge >= 0.3 is 0 Å². The van der Waals surface area contributed by atoms with Crippen molar-refractivity contribution >= 4 is 0 Å². The molecule has 0 amide bonds. The zero-order valence-corrected chi connectivity index (χ0v) is 5.48. The smallest absolute Gasteiger partial charge is 0.0210 e. The summed E-state index contributed by atoms with van der Waals surface area (Å²) in [6, 6.07) is 0. The lowest BCUT2D eigenvalue weighted by Crippen LogP contribution is -1.96. The molecule has 0 aromatic heterocycles. The third kappa shape index (κ3) is 0.463. The van der Waals surface area contributed by atoms with Gasteiger partial charge in [0.15, 0.2) is 0 Å². The molecule has 1 atom stereocenters. The van der Waals surface area contributed by atoms with Crippen LogP contribution in [0.15, 0.2) is 0 Å². The van der Waals surface area contributed by atoms with Gasteiger partial charge in [-0.25, -0.2) is 0 Å². The minimum absolute atomic E-state index is 1.01. The Balaban J connectivity index is 2.16. The molecule has 2 rings (SSSR count). The molecule has 0 heterocycles. The van der Waals surface area contributed by atoms with Crippen molar-refractivity contribution < 1.29 is 0 Å². The highest BCUT2D eigenvalue weighted by Crippen LogP contribution is 2.50. The molecule has 2 aliphatic rings. The Morgan fingerprint density at radius 3 is 2.00 bits per heavy atom. The number of rotatable bonds is 0. The molecule has 45 valence electrons. The normalized spacial score (nSPS) is 46.1. The van der Waals surface area contributed by atoms with Crippen molar-refractivity contribution in [3.8, 4) is 0 Å². The highest BCUT2D eigenvalue weighted by molar-refractivity contribution is 5.09. The fraction of sp³-hybridized carbons (Fsp3) is 0.875. The second-order valence-corrected chi connectivity index (χ2v) is 3.28. The predicted octanol–water partition coefficient (Wildman–Crippen LogP) is 2.40. The topological polar surface area (TPSA) is 0 Å². The maximum atomic E-state index is 2.40. The molecule has 0 nitrogen and oxygen atoms in total. The molecular formula is C8H13. The standard InChI is InChI=1S/C8H13/c1-6-7-2-3-8(6)5-4-7/h6-7H,2-5H2,1H3. The number of fused-ring (bicyclic) bond motifs is 2. The molecule has 0 aliphatic heterocycles. The van der Waals surface area contributed by atoms with Gasteiger partial charge in [0, 0.05) is 0 Å². The third-order valence-electron chi connectivity index (χ3n) is 3.02. The van der Waals surface area contributed by atoms with Gasteiger partial charge in [-0.15, -0.1) is 0 Å². The Hall–Kier alpha value is 0. The first-order valence-electron chi connectivity index (χ1n) is 3.72. The van der Waals surface area contributed by atoms with Crippen LogP contribution in [0.25, 0.3) is 0 Å². The van der Waals surface area contributed by atoms with E-state index in [-0.39, 0.29) is 0 Å². The first-order valence-corrected chi connectivity index (χ1v) is 3.72. The van der Waals surface area contributed by atoms with Gasteiger partial charge in [0.05, 0.1) is 0 Å². The molecule has 0 saturated heterocycles. The minimum Gasteiger partial charge on any atom is -0.0617 e. The first-order chi connectivity index (χ1) is 3.88. The lowest BCUT2D eigenvalue weighted by molar-refractivity contribution is 0.465. The average molecular weight is 109 g/mol. The Kier molecular flexibility index (Phi) is 0.902. The fourth-order valence-electron chi connectivity index (χ4n) is 2.30. The van der Waals surface area contributed by atoms with Crippen LogP contribution in [-0.2, 0) is 0 Å². The summed E-state index contributed by atoms with van der Waals surface area (Å²) in [6.07, 6.45) is 5.95. The van der Waals surface area contributed by atoms with Crippen molar-refractivity contribution in [1.82, 2.24) is 0 Å². The van der Waals surface area contributed by atoms with E-state index in [1.54, 1.807) is 0 Å². The van der Waals surface area contributed by atoms with Gasteiger partial charge in [-0.05, 0) is 43.4 Å². The van der Waals surface area contributed by atoms with Crippen molar-refractivity contribution in [1.29, 1.82) is 0 Å². The summed E-state index contributed by atoms with van der Waals surface area (Å²) in [6.45, 7) is 2.40. The molecule has 1 unspecified atom stereocenters. The van der Waals surface area contributed by atoms with E-state index in [1.807, 2.05) is 5.92 Å². The van der Waals surface area contributed by atoms with Crippen LogP contribution in [0.4, 0.5) is 0 Å². The van der Waals surface area contributed by atoms with E-state index >= 15 is 0 Å². The Labute approximate surface area is 51.3 Å². The third-order valence-corrected chi connectivity index (χ3v) is 3.02. The van der Waals surface area contributed by atoms with Gasteiger partial charge < -0.3 is 0 Å². The van der Waals surface area contributed by atoms with Gasteiger partial charge in [0.25, 0.3) is 0 Å². The van der Waals surface area contributed by atoms with Crippen molar-refractivity contribution in [2.45, 2.75) is 32.6 Å². The molecule has 2 saturated carbocycles. The largest absolute Gasteiger partial charge is 0.0617 e. The quantitative estimate of drug-likeness (QED) is 0.448. The SMILES string of the molecule is CC1[C]2CCC1CC2. The molecule has 1 radical (unpaired) electrons. The van der Waals surface area contributed by atoms with Crippen LogP contribution in [0, 0.1) is 17.8 Å².